The fourth-order valence-corrected chi connectivity index (χ4v) is 2.28. The first kappa shape index (κ1) is 14.6. The van der Waals surface area contributed by atoms with E-state index in [0.29, 0.717) is 11.4 Å². The van der Waals surface area contributed by atoms with Crippen LogP contribution in [-0.2, 0) is 6.42 Å². The van der Waals surface area contributed by atoms with E-state index in [2.05, 4.69) is 5.32 Å². The molecule has 0 fully saturated rings. The number of alkyl halides is 1. The number of carbonyl (C=O) groups excluding carboxylic acids is 1. The molecule has 1 amide bonds. The van der Waals surface area contributed by atoms with Crippen LogP contribution in [0.15, 0.2) is 54.6 Å². The molecule has 2 rings (SSSR count). The van der Waals surface area contributed by atoms with Gasteiger partial charge in [0, 0.05) is 17.5 Å². The van der Waals surface area contributed by atoms with Crippen LogP contribution in [0.1, 0.15) is 21.5 Å². The summed E-state index contributed by atoms with van der Waals surface area (Å²) in [4.78, 5) is 12.2. The largest absolute Gasteiger partial charge is 0.348 e. The van der Waals surface area contributed by atoms with Gasteiger partial charge in [-0.15, -0.1) is 11.6 Å². The molecule has 104 valence electrons. The smallest absolute Gasteiger partial charge is 0.251 e. The van der Waals surface area contributed by atoms with Gasteiger partial charge in [-0.3, -0.25) is 4.79 Å². The Bertz CT molecular complexity index is 568. The average Bonchev–Trinajstić information content (AvgIpc) is 2.47. The van der Waals surface area contributed by atoms with E-state index in [4.69, 9.17) is 11.6 Å². The highest BCUT2D eigenvalue weighted by Crippen LogP contribution is 2.07. The Morgan fingerprint density at radius 3 is 2.55 bits per heavy atom. The summed E-state index contributed by atoms with van der Waals surface area (Å²) < 4.78 is 0. The van der Waals surface area contributed by atoms with Crippen molar-refractivity contribution in [1.29, 1.82) is 0 Å². The molecular formula is C17H18ClNO. The SMILES string of the molecule is Cc1cccc(C(=O)NC(CCl)Cc2ccccc2)c1. The molecule has 0 aliphatic carbocycles. The highest BCUT2D eigenvalue weighted by Gasteiger charge is 2.13. The van der Waals surface area contributed by atoms with E-state index < -0.39 is 0 Å². The first-order valence-corrected chi connectivity index (χ1v) is 7.20. The van der Waals surface area contributed by atoms with Crippen LogP contribution in [0.5, 0.6) is 0 Å². The Morgan fingerprint density at radius 2 is 1.90 bits per heavy atom. The minimum absolute atomic E-state index is 0.0629. The van der Waals surface area contributed by atoms with Gasteiger partial charge < -0.3 is 5.32 Å². The number of rotatable bonds is 5. The third-order valence-corrected chi connectivity index (χ3v) is 3.50. The van der Waals surface area contributed by atoms with Crippen molar-refractivity contribution in [2.45, 2.75) is 19.4 Å². The summed E-state index contributed by atoms with van der Waals surface area (Å²) in [7, 11) is 0. The number of carbonyl (C=O) groups is 1. The summed E-state index contributed by atoms with van der Waals surface area (Å²) in [5.74, 6) is 0.321. The van der Waals surface area contributed by atoms with Gasteiger partial charge in [0.15, 0.2) is 0 Å². The maximum absolute atomic E-state index is 12.2. The zero-order valence-corrected chi connectivity index (χ0v) is 12.2. The molecule has 0 heterocycles. The van der Waals surface area contributed by atoms with Crippen molar-refractivity contribution in [3.63, 3.8) is 0 Å². The third kappa shape index (κ3) is 4.10. The fourth-order valence-electron chi connectivity index (χ4n) is 2.10. The molecule has 1 unspecified atom stereocenters. The molecule has 2 aromatic carbocycles. The molecule has 2 aromatic rings. The molecule has 0 aromatic heterocycles. The second kappa shape index (κ2) is 7.11. The van der Waals surface area contributed by atoms with E-state index in [-0.39, 0.29) is 11.9 Å². The maximum Gasteiger partial charge on any atom is 0.251 e. The average molecular weight is 288 g/mol. The Kier molecular flexibility index (Phi) is 5.19. The molecule has 0 spiro atoms. The third-order valence-electron chi connectivity index (χ3n) is 3.13. The lowest BCUT2D eigenvalue weighted by molar-refractivity contribution is 0.0940. The van der Waals surface area contributed by atoms with Crippen molar-refractivity contribution >= 4 is 17.5 Å². The zero-order chi connectivity index (χ0) is 14.4. The number of hydrogen-bond acceptors (Lipinski definition) is 1. The second-order valence-electron chi connectivity index (χ2n) is 4.88. The van der Waals surface area contributed by atoms with Crippen LogP contribution < -0.4 is 5.32 Å². The first-order valence-electron chi connectivity index (χ1n) is 6.66. The topological polar surface area (TPSA) is 29.1 Å². The second-order valence-corrected chi connectivity index (χ2v) is 5.19. The van der Waals surface area contributed by atoms with Crippen LogP contribution in [0.3, 0.4) is 0 Å². The zero-order valence-electron chi connectivity index (χ0n) is 11.5. The molecule has 0 saturated heterocycles. The van der Waals surface area contributed by atoms with Crippen LogP contribution in [0.2, 0.25) is 0 Å². The Balaban J connectivity index is 2.01. The predicted molar refractivity (Wildman–Crippen MR) is 83.3 cm³/mol. The van der Waals surface area contributed by atoms with Gasteiger partial charge in [0.1, 0.15) is 0 Å². The predicted octanol–water partition coefficient (Wildman–Crippen LogP) is 3.57. The molecule has 2 nitrogen and oxygen atoms in total. The molecule has 1 atom stereocenters. The molecule has 0 aliphatic heterocycles. The van der Waals surface area contributed by atoms with Crippen LogP contribution in [-0.4, -0.2) is 17.8 Å². The Morgan fingerprint density at radius 1 is 1.15 bits per heavy atom. The van der Waals surface area contributed by atoms with E-state index in [1.54, 1.807) is 0 Å². The summed E-state index contributed by atoms with van der Waals surface area (Å²) in [6.45, 7) is 1.97. The van der Waals surface area contributed by atoms with Gasteiger partial charge >= 0.3 is 0 Å². The van der Waals surface area contributed by atoms with Crippen molar-refractivity contribution in [2.24, 2.45) is 0 Å². The maximum atomic E-state index is 12.2. The standard InChI is InChI=1S/C17H18ClNO/c1-13-6-5-9-15(10-13)17(20)19-16(12-18)11-14-7-3-2-4-8-14/h2-10,16H,11-12H2,1H3,(H,19,20). The van der Waals surface area contributed by atoms with Crippen LogP contribution in [0, 0.1) is 6.92 Å². The first-order chi connectivity index (χ1) is 9.69. The number of hydrogen-bond donors (Lipinski definition) is 1. The van der Waals surface area contributed by atoms with Gasteiger partial charge in [-0.1, -0.05) is 48.0 Å². The molecule has 0 aliphatic rings. The van der Waals surface area contributed by atoms with Gasteiger partial charge in [-0.25, -0.2) is 0 Å². The van der Waals surface area contributed by atoms with Gasteiger partial charge in [-0.2, -0.15) is 0 Å². The lowest BCUT2D eigenvalue weighted by atomic mass is 10.1. The number of nitrogens with one attached hydrogen (secondary N) is 1. The lowest BCUT2D eigenvalue weighted by Crippen LogP contribution is -2.37. The molecule has 20 heavy (non-hydrogen) atoms. The molecule has 0 radical (unpaired) electrons. The van der Waals surface area contributed by atoms with E-state index in [9.17, 15) is 4.79 Å². The van der Waals surface area contributed by atoms with Crippen molar-refractivity contribution in [3.05, 3.63) is 71.3 Å². The Labute approximate surface area is 124 Å². The van der Waals surface area contributed by atoms with E-state index >= 15 is 0 Å². The van der Waals surface area contributed by atoms with Crippen LogP contribution >= 0.6 is 11.6 Å². The van der Waals surface area contributed by atoms with Crippen molar-refractivity contribution < 1.29 is 4.79 Å². The minimum Gasteiger partial charge on any atom is -0.348 e. The highest BCUT2D eigenvalue weighted by atomic mass is 35.5. The van der Waals surface area contributed by atoms with E-state index in [0.717, 1.165) is 12.0 Å². The van der Waals surface area contributed by atoms with Crippen molar-refractivity contribution in [2.75, 3.05) is 5.88 Å². The Hall–Kier alpha value is -1.80. The summed E-state index contributed by atoms with van der Waals surface area (Å²) in [6, 6.07) is 17.5. The fraction of sp³-hybridized carbons (Fsp3) is 0.235. The summed E-state index contributed by atoms with van der Waals surface area (Å²) >= 11 is 5.97. The van der Waals surface area contributed by atoms with Gasteiger partial charge in [0.05, 0.1) is 0 Å². The van der Waals surface area contributed by atoms with Crippen LogP contribution in [0.25, 0.3) is 0 Å². The van der Waals surface area contributed by atoms with Gasteiger partial charge in [-0.05, 0) is 31.0 Å². The molecule has 1 N–H and O–H groups in total. The molecule has 0 bridgehead atoms. The summed E-state index contributed by atoms with van der Waals surface area (Å²) in [5.41, 5.74) is 2.92. The normalized spacial score (nSPS) is 11.9. The number of aryl methyl sites for hydroxylation is 1. The summed E-state index contributed by atoms with van der Waals surface area (Å²) in [5, 5.41) is 2.99. The van der Waals surface area contributed by atoms with E-state index in [1.807, 2.05) is 61.5 Å². The monoisotopic (exact) mass is 287 g/mol. The molecule has 3 heteroatoms. The minimum atomic E-state index is -0.0738. The molecular weight excluding hydrogens is 270 g/mol. The lowest BCUT2D eigenvalue weighted by Gasteiger charge is -2.16. The van der Waals surface area contributed by atoms with E-state index in [1.165, 1.54) is 5.56 Å². The number of halogens is 1. The number of benzene rings is 2. The van der Waals surface area contributed by atoms with Gasteiger partial charge in [0.2, 0.25) is 0 Å². The van der Waals surface area contributed by atoms with Crippen molar-refractivity contribution in [1.82, 2.24) is 5.32 Å². The number of amides is 1. The summed E-state index contributed by atoms with van der Waals surface area (Å²) in [6.07, 6.45) is 0.738. The quantitative estimate of drug-likeness (QED) is 0.837. The van der Waals surface area contributed by atoms with Gasteiger partial charge in [0.25, 0.3) is 5.91 Å². The highest BCUT2D eigenvalue weighted by molar-refractivity contribution is 6.18. The van der Waals surface area contributed by atoms with Crippen LogP contribution in [0.4, 0.5) is 0 Å². The van der Waals surface area contributed by atoms with Crippen molar-refractivity contribution in [3.8, 4) is 0 Å². The molecule has 0 saturated carbocycles.